The molecular formula is C26H47NO3. The second kappa shape index (κ2) is 18.4. The van der Waals surface area contributed by atoms with Gasteiger partial charge in [0.25, 0.3) is 0 Å². The molecule has 174 valence electrons. The second-order valence-electron chi connectivity index (χ2n) is 9.04. The van der Waals surface area contributed by atoms with Gasteiger partial charge in [-0.05, 0) is 44.9 Å². The van der Waals surface area contributed by atoms with Crippen molar-refractivity contribution in [1.29, 1.82) is 0 Å². The van der Waals surface area contributed by atoms with Crippen LogP contribution < -0.4 is 0 Å². The Hall–Kier alpha value is -1.32. The van der Waals surface area contributed by atoms with E-state index < -0.39 is 5.97 Å². The van der Waals surface area contributed by atoms with E-state index in [1.54, 1.807) is 4.90 Å². The molecule has 0 radical (unpaired) electrons. The normalized spacial score (nSPS) is 15.0. The van der Waals surface area contributed by atoms with Crippen molar-refractivity contribution in [2.24, 2.45) is 0 Å². The van der Waals surface area contributed by atoms with Crippen LogP contribution in [0.15, 0.2) is 12.2 Å². The lowest BCUT2D eigenvalue weighted by molar-refractivity contribution is -0.146. The first-order chi connectivity index (χ1) is 14.6. The van der Waals surface area contributed by atoms with Crippen molar-refractivity contribution in [1.82, 2.24) is 4.90 Å². The van der Waals surface area contributed by atoms with Crippen LogP contribution in [-0.4, -0.2) is 34.5 Å². The first-order valence-corrected chi connectivity index (χ1v) is 12.8. The summed E-state index contributed by atoms with van der Waals surface area (Å²) in [6.07, 6.45) is 26.7. The van der Waals surface area contributed by atoms with Crippen molar-refractivity contribution in [2.45, 2.75) is 135 Å². The maximum atomic E-state index is 12.6. The Bertz CT molecular complexity index is 469. The van der Waals surface area contributed by atoms with Crippen LogP contribution in [0.4, 0.5) is 0 Å². The van der Waals surface area contributed by atoms with Crippen molar-refractivity contribution in [3.8, 4) is 0 Å². The van der Waals surface area contributed by atoms with Gasteiger partial charge in [-0.2, -0.15) is 0 Å². The van der Waals surface area contributed by atoms with Crippen LogP contribution in [0.3, 0.4) is 0 Å². The average molecular weight is 422 g/mol. The number of rotatable bonds is 18. The summed E-state index contributed by atoms with van der Waals surface area (Å²) < 4.78 is 0. The van der Waals surface area contributed by atoms with Gasteiger partial charge in [0, 0.05) is 12.5 Å². The van der Waals surface area contributed by atoms with Crippen LogP contribution in [0.25, 0.3) is 0 Å². The fraction of sp³-hybridized carbons (Fsp3) is 0.846. The minimum atomic E-state index is -0.890. The molecule has 0 spiro atoms. The van der Waals surface area contributed by atoms with Gasteiger partial charge >= 0.3 is 5.97 Å². The quantitative estimate of drug-likeness (QED) is 0.187. The standard InChI is InChI=1S/C26H47NO3/c1-2-3-4-5-6-7-8-9-10-11-12-13-14-15-19-22-25(28)27(23-26(29)30)24-20-17-16-18-21-24/h9-10,24H,2-8,11-23H2,1H3,(H,29,30). The van der Waals surface area contributed by atoms with E-state index in [0.717, 1.165) is 38.5 Å². The number of carbonyl (C=O) groups is 2. The molecule has 0 bridgehead atoms. The van der Waals surface area contributed by atoms with Gasteiger partial charge in [-0.25, -0.2) is 0 Å². The lowest BCUT2D eigenvalue weighted by Gasteiger charge is -2.33. The Kier molecular flexibility index (Phi) is 16.4. The number of carboxylic acid groups (broad SMARTS) is 1. The van der Waals surface area contributed by atoms with Crippen molar-refractivity contribution >= 4 is 11.9 Å². The maximum absolute atomic E-state index is 12.6. The van der Waals surface area contributed by atoms with Crippen LogP contribution in [-0.2, 0) is 9.59 Å². The molecule has 1 N–H and O–H groups in total. The van der Waals surface area contributed by atoms with E-state index in [9.17, 15) is 9.59 Å². The van der Waals surface area contributed by atoms with E-state index in [0.29, 0.717) is 6.42 Å². The summed E-state index contributed by atoms with van der Waals surface area (Å²) in [5.41, 5.74) is 0. The minimum absolute atomic E-state index is 0.0435. The van der Waals surface area contributed by atoms with Gasteiger partial charge in [0.1, 0.15) is 6.54 Å². The van der Waals surface area contributed by atoms with Gasteiger partial charge in [-0.1, -0.05) is 89.7 Å². The number of nitrogens with zero attached hydrogens (tertiary/aromatic N) is 1. The van der Waals surface area contributed by atoms with Gasteiger partial charge in [0.2, 0.25) is 5.91 Å². The number of hydrogen-bond donors (Lipinski definition) is 1. The Morgan fingerprint density at radius 2 is 1.33 bits per heavy atom. The Labute approximate surface area is 185 Å². The molecule has 1 aliphatic carbocycles. The van der Waals surface area contributed by atoms with Crippen LogP contribution in [0.5, 0.6) is 0 Å². The third-order valence-corrected chi connectivity index (χ3v) is 6.29. The number of aliphatic carboxylic acids is 1. The first-order valence-electron chi connectivity index (χ1n) is 12.8. The highest BCUT2D eigenvalue weighted by atomic mass is 16.4. The number of carboxylic acids is 1. The average Bonchev–Trinajstić information content (AvgIpc) is 2.75. The van der Waals surface area contributed by atoms with E-state index in [2.05, 4.69) is 19.1 Å². The van der Waals surface area contributed by atoms with E-state index in [-0.39, 0.29) is 18.5 Å². The molecule has 1 aliphatic rings. The number of allylic oxidation sites excluding steroid dienone is 2. The summed E-state index contributed by atoms with van der Waals surface area (Å²) in [5.74, 6) is -0.847. The van der Waals surface area contributed by atoms with E-state index in [1.807, 2.05) is 0 Å². The largest absolute Gasteiger partial charge is 0.480 e. The number of unbranched alkanes of at least 4 members (excludes halogenated alkanes) is 11. The van der Waals surface area contributed by atoms with Crippen LogP contribution in [0.2, 0.25) is 0 Å². The minimum Gasteiger partial charge on any atom is -0.480 e. The molecule has 0 saturated heterocycles. The molecule has 4 heteroatoms. The van der Waals surface area contributed by atoms with Gasteiger partial charge < -0.3 is 10.0 Å². The van der Waals surface area contributed by atoms with E-state index in [4.69, 9.17) is 5.11 Å². The van der Waals surface area contributed by atoms with Crippen molar-refractivity contribution < 1.29 is 14.7 Å². The van der Waals surface area contributed by atoms with Crippen molar-refractivity contribution in [3.05, 3.63) is 12.2 Å². The highest BCUT2D eigenvalue weighted by Gasteiger charge is 2.26. The monoisotopic (exact) mass is 421 g/mol. The second-order valence-corrected chi connectivity index (χ2v) is 9.04. The zero-order valence-electron chi connectivity index (χ0n) is 19.6. The highest BCUT2D eigenvalue weighted by molar-refractivity contribution is 5.81. The van der Waals surface area contributed by atoms with Crippen LogP contribution >= 0.6 is 0 Å². The lowest BCUT2D eigenvalue weighted by atomic mass is 9.93. The third-order valence-electron chi connectivity index (χ3n) is 6.29. The molecule has 1 rings (SSSR count). The molecule has 0 unspecified atom stereocenters. The van der Waals surface area contributed by atoms with Crippen molar-refractivity contribution in [3.63, 3.8) is 0 Å². The summed E-state index contributed by atoms with van der Waals surface area (Å²) >= 11 is 0. The predicted molar refractivity (Wildman–Crippen MR) is 126 cm³/mol. The summed E-state index contributed by atoms with van der Waals surface area (Å²) in [6.45, 7) is 2.13. The van der Waals surface area contributed by atoms with Gasteiger partial charge in [-0.15, -0.1) is 0 Å². The molecule has 1 fully saturated rings. The number of amides is 1. The fourth-order valence-corrected chi connectivity index (χ4v) is 4.45. The van der Waals surface area contributed by atoms with Gasteiger partial charge in [-0.3, -0.25) is 9.59 Å². The molecule has 0 aromatic heterocycles. The molecule has 30 heavy (non-hydrogen) atoms. The summed E-state index contributed by atoms with van der Waals surface area (Å²) in [7, 11) is 0. The van der Waals surface area contributed by atoms with E-state index >= 15 is 0 Å². The van der Waals surface area contributed by atoms with Gasteiger partial charge in [0.15, 0.2) is 0 Å². The molecule has 0 atom stereocenters. The van der Waals surface area contributed by atoms with Crippen LogP contribution in [0, 0.1) is 0 Å². The molecule has 0 heterocycles. The number of carbonyl (C=O) groups excluding carboxylic acids is 1. The molecule has 1 saturated carbocycles. The maximum Gasteiger partial charge on any atom is 0.323 e. The Morgan fingerprint density at radius 3 is 1.90 bits per heavy atom. The SMILES string of the molecule is CCCCCCCCC=CCCCCCCCC(=O)N(CC(=O)O)C1CCCCC1. The fourth-order valence-electron chi connectivity index (χ4n) is 4.45. The smallest absolute Gasteiger partial charge is 0.323 e. The summed E-state index contributed by atoms with van der Waals surface area (Å²) in [4.78, 5) is 25.4. The zero-order valence-corrected chi connectivity index (χ0v) is 19.6. The molecule has 1 amide bonds. The van der Waals surface area contributed by atoms with Crippen molar-refractivity contribution in [2.75, 3.05) is 6.54 Å². The van der Waals surface area contributed by atoms with Gasteiger partial charge in [0.05, 0.1) is 0 Å². The molecule has 0 aromatic carbocycles. The molecule has 0 aromatic rings. The first kappa shape index (κ1) is 26.7. The number of hydrogen-bond acceptors (Lipinski definition) is 2. The lowest BCUT2D eigenvalue weighted by Crippen LogP contribution is -2.44. The topological polar surface area (TPSA) is 57.6 Å². The van der Waals surface area contributed by atoms with E-state index in [1.165, 1.54) is 77.0 Å². The van der Waals surface area contributed by atoms with Crippen LogP contribution in [0.1, 0.15) is 129 Å². The summed E-state index contributed by atoms with van der Waals surface area (Å²) in [6, 6.07) is 0.144. The molecule has 4 nitrogen and oxygen atoms in total. The highest BCUT2D eigenvalue weighted by Crippen LogP contribution is 2.23. The molecule has 0 aliphatic heterocycles. The molecular weight excluding hydrogens is 374 g/mol. The Morgan fingerprint density at radius 1 is 0.800 bits per heavy atom. The third kappa shape index (κ3) is 13.8. The zero-order chi connectivity index (χ0) is 21.9. The predicted octanol–water partition coefficient (Wildman–Crippen LogP) is 7.27. The Balaban J connectivity index is 2.02. The summed E-state index contributed by atoms with van der Waals surface area (Å²) in [5, 5.41) is 9.17.